The summed E-state index contributed by atoms with van der Waals surface area (Å²) in [6.07, 6.45) is 1.28. The average molecular weight is 332 g/mol. The molecule has 0 spiro atoms. The van der Waals surface area contributed by atoms with E-state index in [2.05, 4.69) is 14.7 Å². The van der Waals surface area contributed by atoms with Crippen molar-refractivity contribution in [1.82, 2.24) is 9.36 Å². The molecule has 0 aromatic carbocycles. The predicted molar refractivity (Wildman–Crippen MR) is 83.2 cm³/mol. The van der Waals surface area contributed by atoms with Gasteiger partial charge in [0.15, 0.2) is 15.7 Å². The van der Waals surface area contributed by atoms with Gasteiger partial charge in [-0.05, 0) is 18.0 Å². The zero-order chi connectivity index (χ0) is 14.6. The molecule has 2 heterocycles. The van der Waals surface area contributed by atoms with E-state index in [1.54, 1.807) is 5.51 Å². The number of sulfone groups is 1. The van der Waals surface area contributed by atoms with Gasteiger partial charge in [-0.2, -0.15) is 4.37 Å². The van der Waals surface area contributed by atoms with Crippen LogP contribution in [0.2, 0.25) is 0 Å². The van der Waals surface area contributed by atoms with E-state index in [-0.39, 0.29) is 16.5 Å². The molecule has 3 N–H and O–H groups in total. The Labute approximate surface area is 126 Å². The van der Waals surface area contributed by atoms with E-state index in [1.165, 1.54) is 11.3 Å². The van der Waals surface area contributed by atoms with Crippen LogP contribution >= 0.6 is 22.9 Å². The zero-order valence-electron chi connectivity index (χ0n) is 11.0. The maximum absolute atomic E-state index is 12.2. The van der Waals surface area contributed by atoms with Crippen LogP contribution in [0.15, 0.2) is 15.8 Å². The fraction of sp³-hybridized carbons (Fsp3) is 0.455. The summed E-state index contributed by atoms with van der Waals surface area (Å²) in [6.45, 7) is 2.42. The summed E-state index contributed by atoms with van der Waals surface area (Å²) in [6, 6.07) is 0. The van der Waals surface area contributed by atoms with Gasteiger partial charge in [0, 0.05) is 18.3 Å². The zero-order valence-corrected chi connectivity index (χ0v) is 13.4. The van der Waals surface area contributed by atoms with Gasteiger partial charge in [0.25, 0.3) is 0 Å². The number of hydrogen-bond donors (Lipinski definition) is 2. The first-order chi connectivity index (χ1) is 9.54. The van der Waals surface area contributed by atoms with Crippen molar-refractivity contribution in [2.45, 2.75) is 24.7 Å². The summed E-state index contributed by atoms with van der Waals surface area (Å²) in [5.41, 5.74) is 8.45. The summed E-state index contributed by atoms with van der Waals surface area (Å²) in [5, 5.41) is 5.59. The minimum absolute atomic E-state index is 0.0797. The van der Waals surface area contributed by atoms with E-state index in [0.717, 1.165) is 23.6 Å². The maximum atomic E-state index is 12.2. The number of thiazole rings is 1. The lowest BCUT2D eigenvalue weighted by atomic mass is 10.3. The molecule has 0 radical (unpaired) electrons. The van der Waals surface area contributed by atoms with Crippen LogP contribution in [0.25, 0.3) is 0 Å². The Morgan fingerprint density at radius 1 is 1.45 bits per heavy atom. The Morgan fingerprint density at radius 3 is 2.90 bits per heavy atom. The van der Waals surface area contributed by atoms with E-state index in [9.17, 15) is 8.42 Å². The molecule has 0 aliphatic heterocycles. The Kier molecular flexibility index (Phi) is 4.95. The lowest BCUT2D eigenvalue weighted by Gasteiger charge is -2.07. The van der Waals surface area contributed by atoms with Crippen LogP contribution < -0.4 is 11.1 Å². The van der Waals surface area contributed by atoms with Crippen molar-refractivity contribution >= 4 is 43.5 Å². The summed E-state index contributed by atoms with van der Waals surface area (Å²) < 4.78 is 28.3. The Hall–Kier alpha value is -1.19. The van der Waals surface area contributed by atoms with Crippen LogP contribution in [0.5, 0.6) is 0 Å². The number of hydrogen-bond acceptors (Lipinski definition) is 8. The first-order valence-corrected chi connectivity index (χ1v) is 9.50. The molecule has 20 heavy (non-hydrogen) atoms. The highest BCUT2D eigenvalue weighted by atomic mass is 32.2. The monoisotopic (exact) mass is 332 g/mol. The van der Waals surface area contributed by atoms with Gasteiger partial charge in [-0.15, -0.1) is 11.3 Å². The summed E-state index contributed by atoms with van der Waals surface area (Å²) >= 11 is 2.62. The van der Waals surface area contributed by atoms with Crippen molar-refractivity contribution in [3.63, 3.8) is 0 Å². The van der Waals surface area contributed by atoms with Crippen molar-refractivity contribution < 1.29 is 8.42 Å². The molecule has 6 nitrogen and oxygen atoms in total. The maximum Gasteiger partial charge on any atom is 0.185 e. The molecule has 0 unspecified atom stereocenters. The molecule has 0 saturated carbocycles. The van der Waals surface area contributed by atoms with E-state index in [4.69, 9.17) is 5.73 Å². The SMILES string of the molecule is CCCS(=O)(=O)c1c(N)nsc1NCCc1cscn1. The third-order valence-electron chi connectivity index (χ3n) is 2.61. The number of rotatable bonds is 7. The topological polar surface area (TPSA) is 98.0 Å². The molecular weight excluding hydrogens is 316 g/mol. The molecule has 2 aromatic heterocycles. The molecule has 9 heteroatoms. The van der Waals surface area contributed by atoms with Crippen LogP contribution in [-0.2, 0) is 16.3 Å². The molecule has 0 aliphatic rings. The fourth-order valence-electron chi connectivity index (χ4n) is 1.74. The molecule has 0 atom stereocenters. The minimum atomic E-state index is -3.37. The van der Waals surface area contributed by atoms with Gasteiger partial charge in [0.05, 0.1) is 17.0 Å². The number of anilines is 2. The van der Waals surface area contributed by atoms with Crippen LogP contribution in [0.1, 0.15) is 19.0 Å². The van der Waals surface area contributed by atoms with Crippen molar-refractivity contribution in [2.75, 3.05) is 23.3 Å². The van der Waals surface area contributed by atoms with Crippen LogP contribution in [-0.4, -0.2) is 30.1 Å². The second-order valence-electron chi connectivity index (χ2n) is 4.20. The molecule has 0 bridgehead atoms. The third-order valence-corrected chi connectivity index (χ3v) is 6.17. The molecule has 2 aromatic rings. The number of nitrogens with two attached hydrogens (primary N) is 1. The third kappa shape index (κ3) is 3.47. The summed E-state index contributed by atoms with van der Waals surface area (Å²) in [7, 11) is -3.37. The normalized spacial score (nSPS) is 11.7. The molecule has 2 rings (SSSR count). The van der Waals surface area contributed by atoms with E-state index in [0.29, 0.717) is 18.0 Å². The fourth-order valence-corrected chi connectivity index (χ4v) is 4.98. The Balaban J connectivity index is 2.09. The van der Waals surface area contributed by atoms with Crippen LogP contribution in [0.3, 0.4) is 0 Å². The lowest BCUT2D eigenvalue weighted by Crippen LogP contribution is -2.12. The molecule has 0 aliphatic carbocycles. The smallest absolute Gasteiger partial charge is 0.185 e. The van der Waals surface area contributed by atoms with Gasteiger partial charge < -0.3 is 11.1 Å². The molecule has 0 fully saturated rings. The molecular formula is C11H16N4O2S3. The highest BCUT2D eigenvalue weighted by molar-refractivity contribution is 7.91. The average Bonchev–Trinajstić information content (AvgIpc) is 2.99. The quantitative estimate of drug-likeness (QED) is 0.805. The number of aromatic nitrogens is 2. The summed E-state index contributed by atoms with van der Waals surface area (Å²) in [4.78, 5) is 4.32. The Morgan fingerprint density at radius 2 is 2.25 bits per heavy atom. The highest BCUT2D eigenvalue weighted by Crippen LogP contribution is 2.32. The minimum Gasteiger partial charge on any atom is -0.382 e. The largest absolute Gasteiger partial charge is 0.382 e. The van der Waals surface area contributed by atoms with Crippen molar-refractivity contribution in [1.29, 1.82) is 0 Å². The van der Waals surface area contributed by atoms with Gasteiger partial charge in [0.2, 0.25) is 0 Å². The molecule has 0 saturated heterocycles. The first kappa shape index (κ1) is 15.2. The Bertz CT molecular complexity index is 649. The lowest BCUT2D eigenvalue weighted by molar-refractivity contribution is 0.595. The van der Waals surface area contributed by atoms with Crippen molar-refractivity contribution in [2.24, 2.45) is 0 Å². The van der Waals surface area contributed by atoms with E-state index in [1.807, 2.05) is 12.3 Å². The molecule has 0 amide bonds. The number of nitrogens with one attached hydrogen (secondary N) is 1. The highest BCUT2D eigenvalue weighted by Gasteiger charge is 2.24. The van der Waals surface area contributed by atoms with Crippen molar-refractivity contribution in [3.05, 3.63) is 16.6 Å². The van der Waals surface area contributed by atoms with Gasteiger partial charge >= 0.3 is 0 Å². The molecule has 110 valence electrons. The second kappa shape index (κ2) is 6.51. The predicted octanol–water partition coefficient (Wildman–Crippen LogP) is 2.02. The van der Waals surface area contributed by atoms with Crippen LogP contribution in [0.4, 0.5) is 10.8 Å². The standard InChI is InChI=1S/C11H16N4O2S3/c1-2-5-20(16,17)9-10(12)15-19-11(9)13-4-3-8-6-18-7-14-8/h6-7,13H,2-5H2,1H3,(H2,12,15). The van der Waals surface area contributed by atoms with Gasteiger partial charge in [-0.3, -0.25) is 0 Å². The summed E-state index contributed by atoms with van der Waals surface area (Å²) in [5.74, 6) is 0.163. The van der Waals surface area contributed by atoms with Gasteiger partial charge in [0.1, 0.15) is 9.90 Å². The first-order valence-electron chi connectivity index (χ1n) is 6.13. The van der Waals surface area contributed by atoms with E-state index >= 15 is 0 Å². The van der Waals surface area contributed by atoms with Gasteiger partial charge in [-0.25, -0.2) is 13.4 Å². The van der Waals surface area contributed by atoms with Gasteiger partial charge in [-0.1, -0.05) is 6.92 Å². The van der Waals surface area contributed by atoms with E-state index < -0.39 is 9.84 Å². The number of nitrogens with zero attached hydrogens (tertiary/aromatic N) is 2. The second-order valence-corrected chi connectivity index (χ2v) is 7.74. The van der Waals surface area contributed by atoms with Crippen molar-refractivity contribution in [3.8, 4) is 0 Å². The number of nitrogen functional groups attached to an aromatic ring is 1. The van der Waals surface area contributed by atoms with Crippen LogP contribution in [0, 0.1) is 0 Å².